The van der Waals surface area contributed by atoms with Gasteiger partial charge >= 0.3 is 6.03 Å². The summed E-state index contributed by atoms with van der Waals surface area (Å²) in [6.45, 7) is 4.30. The number of hydrogen-bond acceptors (Lipinski definition) is 7. The van der Waals surface area contributed by atoms with Gasteiger partial charge in [0, 0.05) is 43.4 Å². The Morgan fingerprint density at radius 1 is 1.16 bits per heavy atom. The molecule has 2 aromatic rings. The van der Waals surface area contributed by atoms with E-state index in [4.69, 9.17) is 11.1 Å². The topological polar surface area (TPSA) is 136 Å². The van der Waals surface area contributed by atoms with Crippen molar-refractivity contribution in [3.05, 3.63) is 48.3 Å². The number of piperidine rings is 1. The monoisotopic (exact) mass is 438 g/mol. The number of likely N-dealkylation sites (tertiary alicyclic amines) is 1. The molecule has 0 radical (unpaired) electrons. The fraction of sp³-hybridized carbons (Fsp3) is 0.500. The van der Waals surface area contributed by atoms with Gasteiger partial charge in [0.15, 0.2) is 0 Å². The maximum absolute atomic E-state index is 13.3. The lowest BCUT2D eigenvalue weighted by atomic mass is 9.95. The Morgan fingerprint density at radius 2 is 1.91 bits per heavy atom. The van der Waals surface area contributed by atoms with Crippen LogP contribution in [0.3, 0.4) is 0 Å². The minimum Gasteiger partial charge on any atom is -0.396 e. The Bertz CT molecular complexity index is 933. The summed E-state index contributed by atoms with van der Waals surface area (Å²) in [4.78, 5) is 31.5. The first-order valence-electron chi connectivity index (χ1n) is 11.0. The molecule has 1 aromatic carbocycles. The molecule has 2 aliphatic rings. The van der Waals surface area contributed by atoms with Crippen molar-refractivity contribution < 1.29 is 9.90 Å². The van der Waals surface area contributed by atoms with Gasteiger partial charge in [-0.2, -0.15) is 0 Å². The summed E-state index contributed by atoms with van der Waals surface area (Å²) in [5.41, 5.74) is 6.91. The van der Waals surface area contributed by atoms with Crippen LogP contribution in [0.4, 0.5) is 10.5 Å². The van der Waals surface area contributed by atoms with E-state index >= 15 is 0 Å². The number of amidine groups is 1. The predicted octanol–water partition coefficient (Wildman–Crippen LogP) is 0.918. The van der Waals surface area contributed by atoms with E-state index in [0.29, 0.717) is 43.3 Å². The van der Waals surface area contributed by atoms with Gasteiger partial charge in [0.05, 0.1) is 6.54 Å². The number of nitrogen functional groups attached to an aromatic ring is 1. The van der Waals surface area contributed by atoms with E-state index in [9.17, 15) is 9.90 Å². The Hall–Kier alpha value is -3.11. The Balaban J connectivity index is 1.38. The van der Waals surface area contributed by atoms with Crippen LogP contribution in [0.15, 0.2) is 36.9 Å². The highest BCUT2D eigenvalue weighted by Crippen LogP contribution is 2.26. The smallest absolute Gasteiger partial charge is 0.324 e. The highest BCUT2D eigenvalue weighted by molar-refractivity contribution is 5.98. The van der Waals surface area contributed by atoms with Crippen molar-refractivity contribution >= 4 is 17.6 Å². The van der Waals surface area contributed by atoms with Gasteiger partial charge in [-0.15, -0.1) is 0 Å². The first-order valence-corrected chi connectivity index (χ1v) is 11.0. The quantitative estimate of drug-likeness (QED) is 0.432. The number of carbonyl (C=O) groups is 1. The molecule has 2 saturated heterocycles. The van der Waals surface area contributed by atoms with Crippen LogP contribution in [0, 0.1) is 17.2 Å². The number of carbonyl (C=O) groups excluding carboxylic acids is 1. The Morgan fingerprint density at radius 3 is 2.59 bits per heavy atom. The van der Waals surface area contributed by atoms with Gasteiger partial charge in [0.2, 0.25) is 0 Å². The van der Waals surface area contributed by atoms with E-state index in [0.717, 1.165) is 31.8 Å². The largest absolute Gasteiger partial charge is 0.396 e. The fourth-order valence-electron chi connectivity index (χ4n) is 4.46. The molecule has 2 fully saturated rings. The first kappa shape index (κ1) is 22.1. The van der Waals surface area contributed by atoms with Crippen molar-refractivity contribution in [2.45, 2.75) is 19.4 Å². The molecule has 0 spiro atoms. The van der Waals surface area contributed by atoms with E-state index in [1.54, 1.807) is 23.1 Å². The molecule has 32 heavy (non-hydrogen) atoms. The standard InChI is InChI=1S/C22H30N8O2/c23-21(24)18-2-1-3-19(8-18)30-11-17(13-31)10-29(22(30)32)9-16-4-6-28(7-5-16)12-20-26-14-25-15-27-20/h1-3,8,14-17,31H,4-7,9-13H2,(H3,23,24). The second-order valence-electron chi connectivity index (χ2n) is 8.58. The lowest BCUT2D eigenvalue weighted by Crippen LogP contribution is -2.56. The average Bonchev–Trinajstić information content (AvgIpc) is 2.82. The number of amides is 2. The van der Waals surface area contributed by atoms with Crippen LogP contribution in [0.2, 0.25) is 0 Å². The molecule has 2 aliphatic heterocycles. The van der Waals surface area contributed by atoms with Crippen molar-refractivity contribution in [3.63, 3.8) is 0 Å². The molecule has 2 amide bonds. The van der Waals surface area contributed by atoms with Gasteiger partial charge in [-0.1, -0.05) is 12.1 Å². The third kappa shape index (κ3) is 5.20. The summed E-state index contributed by atoms with van der Waals surface area (Å²) in [7, 11) is 0. The van der Waals surface area contributed by atoms with Gasteiger partial charge in [0.25, 0.3) is 0 Å². The van der Waals surface area contributed by atoms with Gasteiger partial charge in [-0.25, -0.2) is 19.7 Å². The summed E-state index contributed by atoms with van der Waals surface area (Å²) in [5.74, 6) is 1.14. The number of nitrogens with one attached hydrogen (secondary N) is 1. The average molecular weight is 439 g/mol. The number of nitrogens with zero attached hydrogens (tertiary/aromatic N) is 6. The molecule has 1 unspecified atom stereocenters. The number of hydrogen-bond donors (Lipinski definition) is 3. The predicted molar refractivity (Wildman–Crippen MR) is 120 cm³/mol. The zero-order valence-electron chi connectivity index (χ0n) is 18.1. The molecule has 0 saturated carbocycles. The molecule has 10 heteroatoms. The Kier molecular flexibility index (Phi) is 6.91. The second-order valence-corrected chi connectivity index (χ2v) is 8.58. The highest BCUT2D eigenvalue weighted by Gasteiger charge is 2.34. The number of nitrogens with two attached hydrogens (primary N) is 1. The van der Waals surface area contributed by atoms with Gasteiger partial charge in [0.1, 0.15) is 24.3 Å². The molecule has 1 aromatic heterocycles. The summed E-state index contributed by atoms with van der Waals surface area (Å²) in [6, 6.07) is 7.11. The van der Waals surface area contributed by atoms with Gasteiger partial charge in [-0.3, -0.25) is 15.2 Å². The van der Waals surface area contributed by atoms with Gasteiger partial charge < -0.3 is 15.7 Å². The molecule has 3 heterocycles. The Labute approximate surface area is 187 Å². The lowest BCUT2D eigenvalue weighted by molar-refractivity contribution is 0.114. The normalized spacial score (nSPS) is 20.5. The van der Waals surface area contributed by atoms with E-state index in [1.807, 2.05) is 11.0 Å². The molecule has 0 bridgehead atoms. The third-order valence-electron chi connectivity index (χ3n) is 6.25. The minimum absolute atomic E-state index is 0.0161. The molecule has 4 N–H and O–H groups in total. The molecule has 170 valence electrons. The number of anilines is 1. The van der Waals surface area contributed by atoms with Crippen LogP contribution in [0.5, 0.6) is 0 Å². The minimum atomic E-state index is -0.0528. The summed E-state index contributed by atoms with van der Waals surface area (Å²) in [6.07, 6.45) is 5.04. The summed E-state index contributed by atoms with van der Waals surface area (Å²) in [5, 5.41) is 17.5. The van der Waals surface area contributed by atoms with Crippen molar-refractivity contribution in [3.8, 4) is 0 Å². The van der Waals surface area contributed by atoms with Crippen LogP contribution < -0.4 is 10.6 Å². The lowest BCUT2D eigenvalue weighted by Gasteiger charge is -2.42. The van der Waals surface area contributed by atoms with E-state index in [2.05, 4.69) is 19.9 Å². The maximum Gasteiger partial charge on any atom is 0.324 e. The number of urea groups is 1. The molecular weight excluding hydrogens is 408 g/mol. The molecule has 4 rings (SSSR count). The zero-order valence-corrected chi connectivity index (χ0v) is 18.1. The highest BCUT2D eigenvalue weighted by atomic mass is 16.3. The van der Waals surface area contributed by atoms with Crippen LogP contribution in [0.25, 0.3) is 0 Å². The number of rotatable bonds is 7. The van der Waals surface area contributed by atoms with E-state index < -0.39 is 0 Å². The number of benzene rings is 1. The maximum atomic E-state index is 13.3. The molecular formula is C22H30N8O2. The van der Waals surface area contributed by atoms with E-state index in [-0.39, 0.29) is 24.4 Å². The first-order chi connectivity index (χ1) is 15.5. The number of aliphatic hydroxyl groups is 1. The van der Waals surface area contributed by atoms with Crippen LogP contribution in [-0.2, 0) is 6.54 Å². The van der Waals surface area contributed by atoms with Crippen molar-refractivity contribution in [1.29, 1.82) is 5.41 Å². The SMILES string of the molecule is N=C(N)c1cccc(N2CC(CO)CN(CC3CCN(Cc4ncncn4)CC3)C2=O)c1. The van der Waals surface area contributed by atoms with Crippen LogP contribution in [0.1, 0.15) is 24.2 Å². The summed E-state index contributed by atoms with van der Waals surface area (Å²) < 4.78 is 0. The summed E-state index contributed by atoms with van der Waals surface area (Å²) >= 11 is 0. The number of aromatic nitrogens is 3. The van der Waals surface area contributed by atoms with Crippen molar-refractivity contribution in [2.75, 3.05) is 44.2 Å². The zero-order chi connectivity index (χ0) is 22.5. The van der Waals surface area contributed by atoms with Crippen LogP contribution >= 0.6 is 0 Å². The molecule has 10 nitrogen and oxygen atoms in total. The van der Waals surface area contributed by atoms with Crippen molar-refractivity contribution in [1.82, 2.24) is 24.8 Å². The molecule has 1 atom stereocenters. The van der Waals surface area contributed by atoms with E-state index in [1.165, 1.54) is 12.7 Å². The second kappa shape index (κ2) is 10.0. The number of aliphatic hydroxyl groups excluding tert-OH is 1. The van der Waals surface area contributed by atoms with Crippen molar-refractivity contribution in [2.24, 2.45) is 17.6 Å². The van der Waals surface area contributed by atoms with Crippen LogP contribution in [-0.4, -0.2) is 81.1 Å². The fourth-order valence-corrected chi connectivity index (χ4v) is 4.46. The van der Waals surface area contributed by atoms with Gasteiger partial charge in [-0.05, 0) is 44.0 Å². The molecule has 0 aliphatic carbocycles. The third-order valence-corrected chi connectivity index (χ3v) is 6.25.